The van der Waals surface area contributed by atoms with Gasteiger partial charge in [0.25, 0.3) is 0 Å². The van der Waals surface area contributed by atoms with Crippen molar-refractivity contribution in [1.82, 2.24) is 5.32 Å². The Morgan fingerprint density at radius 3 is 2.84 bits per heavy atom. The summed E-state index contributed by atoms with van der Waals surface area (Å²) in [4.78, 5) is 21.8. The molecule has 2 rings (SSSR count). The van der Waals surface area contributed by atoms with Gasteiger partial charge in [-0.05, 0) is 30.7 Å². The molecule has 6 nitrogen and oxygen atoms in total. The fraction of sp³-hybridized carbons (Fsp3) is 0.231. The van der Waals surface area contributed by atoms with Crippen molar-refractivity contribution in [2.75, 3.05) is 13.1 Å². The molecule has 0 bridgehead atoms. The lowest BCUT2D eigenvalue weighted by Crippen LogP contribution is -2.24. The van der Waals surface area contributed by atoms with E-state index in [9.17, 15) is 14.7 Å². The maximum absolute atomic E-state index is 11.4. The van der Waals surface area contributed by atoms with Gasteiger partial charge in [-0.15, -0.1) is 0 Å². The second-order valence-electron chi connectivity index (χ2n) is 4.09. The summed E-state index contributed by atoms with van der Waals surface area (Å²) in [5, 5.41) is 21.3. The molecule has 6 heteroatoms. The van der Waals surface area contributed by atoms with E-state index in [1.54, 1.807) is 6.07 Å². The number of hydrogen-bond donors (Lipinski definition) is 3. The van der Waals surface area contributed by atoms with Crippen LogP contribution in [0.2, 0.25) is 0 Å². The minimum absolute atomic E-state index is 0.0248. The van der Waals surface area contributed by atoms with Crippen LogP contribution in [0.3, 0.4) is 0 Å². The van der Waals surface area contributed by atoms with E-state index in [4.69, 9.17) is 9.52 Å². The number of aliphatic carboxylic acids is 1. The van der Waals surface area contributed by atoms with E-state index in [0.29, 0.717) is 18.5 Å². The molecule has 3 N–H and O–H groups in total. The van der Waals surface area contributed by atoms with E-state index in [1.165, 1.54) is 18.2 Å². The number of rotatable bonds is 5. The van der Waals surface area contributed by atoms with Crippen LogP contribution in [-0.2, 0) is 11.2 Å². The number of carboxylic acid groups (broad SMARTS) is 1. The summed E-state index contributed by atoms with van der Waals surface area (Å²) < 4.78 is 5.00. The zero-order chi connectivity index (χ0) is 13.8. The highest BCUT2D eigenvalue weighted by molar-refractivity contribution is 5.81. The molecule has 100 valence electrons. The number of carboxylic acids is 1. The summed E-state index contributed by atoms with van der Waals surface area (Å²) in [5.41, 5.74) is 0.580. The van der Waals surface area contributed by atoms with E-state index in [2.05, 4.69) is 5.32 Å². The third kappa shape index (κ3) is 3.32. The molecule has 0 aliphatic carbocycles. The van der Waals surface area contributed by atoms with Crippen LogP contribution in [0, 0.1) is 0 Å². The molecular weight excluding hydrogens is 250 g/mol. The highest BCUT2D eigenvalue weighted by Gasteiger charge is 2.06. The van der Waals surface area contributed by atoms with Crippen molar-refractivity contribution < 1.29 is 19.4 Å². The lowest BCUT2D eigenvalue weighted by Gasteiger charge is -2.06. The SMILES string of the molecule is O=C(O)CNCCc1cc(=O)oc2cc(O)ccc12. The van der Waals surface area contributed by atoms with E-state index in [0.717, 1.165) is 10.9 Å². The van der Waals surface area contributed by atoms with Gasteiger partial charge < -0.3 is 19.9 Å². The van der Waals surface area contributed by atoms with Crippen LogP contribution in [0.1, 0.15) is 5.56 Å². The first-order chi connectivity index (χ1) is 9.06. The van der Waals surface area contributed by atoms with Gasteiger partial charge in [-0.1, -0.05) is 0 Å². The Morgan fingerprint density at radius 2 is 2.11 bits per heavy atom. The minimum Gasteiger partial charge on any atom is -0.508 e. The maximum Gasteiger partial charge on any atom is 0.336 e. The second kappa shape index (κ2) is 5.53. The molecule has 1 aromatic carbocycles. The van der Waals surface area contributed by atoms with Crippen molar-refractivity contribution >= 4 is 16.9 Å². The lowest BCUT2D eigenvalue weighted by molar-refractivity contribution is -0.135. The molecule has 0 atom stereocenters. The number of hydrogen-bond acceptors (Lipinski definition) is 5. The van der Waals surface area contributed by atoms with Crippen LogP contribution in [-0.4, -0.2) is 29.3 Å². The molecule has 1 heterocycles. The highest BCUT2D eigenvalue weighted by atomic mass is 16.4. The first kappa shape index (κ1) is 13.1. The molecule has 0 saturated carbocycles. The van der Waals surface area contributed by atoms with Gasteiger partial charge in [0.1, 0.15) is 11.3 Å². The Labute approximate surface area is 108 Å². The molecule has 0 spiro atoms. The van der Waals surface area contributed by atoms with Crippen molar-refractivity contribution in [2.45, 2.75) is 6.42 Å². The second-order valence-corrected chi connectivity index (χ2v) is 4.09. The Balaban J connectivity index is 2.22. The van der Waals surface area contributed by atoms with Gasteiger partial charge in [-0.3, -0.25) is 4.79 Å². The summed E-state index contributed by atoms with van der Waals surface area (Å²) >= 11 is 0. The fourth-order valence-corrected chi connectivity index (χ4v) is 1.84. The quantitative estimate of drug-likeness (QED) is 0.543. The van der Waals surface area contributed by atoms with Crippen molar-refractivity contribution in [3.8, 4) is 5.75 Å². The first-order valence-corrected chi connectivity index (χ1v) is 5.74. The normalized spacial score (nSPS) is 10.7. The fourth-order valence-electron chi connectivity index (χ4n) is 1.84. The van der Waals surface area contributed by atoms with Gasteiger partial charge >= 0.3 is 11.6 Å². The van der Waals surface area contributed by atoms with Gasteiger partial charge in [0, 0.05) is 17.5 Å². The zero-order valence-electron chi connectivity index (χ0n) is 10.0. The van der Waals surface area contributed by atoms with Crippen molar-refractivity contribution in [1.29, 1.82) is 0 Å². The van der Waals surface area contributed by atoms with Crippen LogP contribution < -0.4 is 10.9 Å². The van der Waals surface area contributed by atoms with Crippen LogP contribution in [0.5, 0.6) is 5.75 Å². The molecule has 0 fully saturated rings. The predicted octanol–water partition coefficient (Wildman–Crippen LogP) is 0.715. The molecular formula is C13H13NO5. The Morgan fingerprint density at radius 1 is 1.32 bits per heavy atom. The monoisotopic (exact) mass is 263 g/mol. The third-order valence-electron chi connectivity index (χ3n) is 2.66. The summed E-state index contributed by atoms with van der Waals surface area (Å²) in [6, 6.07) is 5.93. The molecule has 0 aliphatic rings. The van der Waals surface area contributed by atoms with Crippen LogP contribution >= 0.6 is 0 Å². The predicted molar refractivity (Wildman–Crippen MR) is 68.4 cm³/mol. The molecule has 0 unspecified atom stereocenters. The molecule has 0 saturated heterocycles. The largest absolute Gasteiger partial charge is 0.508 e. The maximum atomic E-state index is 11.4. The summed E-state index contributed by atoms with van der Waals surface area (Å²) in [5.74, 6) is -0.904. The average molecular weight is 263 g/mol. The molecule has 0 radical (unpaired) electrons. The van der Waals surface area contributed by atoms with Crippen molar-refractivity contribution in [2.24, 2.45) is 0 Å². The number of aromatic hydroxyl groups is 1. The topological polar surface area (TPSA) is 99.8 Å². The number of benzene rings is 1. The molecule has 0 aliphatic heterocycles. The van der Waals surface area contributed by atoms with Gasteiger partial charge in [-0.25, -0.2) is 4.79 Å². The Hall–Kier alpha value is -2.34. The highest BCUT2D eigenvalue weighted by Crippen LogP contribution is 2.21. The average Bonchev–Trinajstić information content (AvgIpc) is 2.33. The number of phenols is 1. The van der Waals surface area contributed by atoms with Gasteiger partial charge in [-0.2, -0.15) is 0 Å². The summed E-state index contributed by atoms with van der Waals surface area (Å²) in [7, 11) is 0. The van der Waals surface area contributed by atoms with E-state index in [1.807, 2.05) is 0 Å². The van der Waals surface area contributed by atoms with Crippen LogP contribution in [0.4, 0.5) is 0 Å². The van der Waals surface area contributed by atoms with E-state index >= 15 is 0 Å². The van der Waals surface area contributed by atoms with Gasteiger partial charge in [0.2, 0.25) is 0 Å². The summed E-state index contributed by atoms with van der Waals surface area (Å²) in [6.07, 6.45) is 0.500. The van der Waals surface area contributed by atoms with Crippen molar-refractivity contribution in [3.63, 3.8) is 0 Å². The Bertz CT molecular complexity index is 662. The molecule has 1 aromatic heterocycles. The minimum atomic E-state index is -0.928. The molecule has 2 aromatic rings. The molecule has 19 heavy (non-hydrogen) atoms. The van der Waals surface area contributed by atoms with E-state index in [-0.39, 0.29) is 12.3 Å². The molecule has 0 amide bonds. The van der Waals surface area contributed by atoms with Crippen LogP contribution in [0.15, 0.2) is 33.5 Å². The number of nitrogens with one attached hydrogen (secondary N) is 1. The van der Waals surface area contributed by atoms with Gasteiger partial charge in [0.15, 0.2) is 0 Å². The third-order valence-corrected chi connectivity index (χ3v) is 2.66. The smallest absolute Gasteiger partial charge is 0.336 e. The summed E-state index contributed by atoms with van der Waals surface area (Å²) in [6.45, 7) is 0.311. The zero-order valence-corrected chi connectivity index (χ0v) is 10.0. The lowest BCUT2D eigenvalue weighted by atomic mass is 10.1. The van der Waals surface area contributed by atoms with Crippen molar-refractivity contribution in [3.05, 3.63) is 40.2 Å². The Kier molecular flexibility index (Phi) is 3.82. The first-order valence-electron chi connectivity index (χ1n) is 5.74. The van der Waals surface area contributed by atoms with E-state index < -0.39 is 11.6 Å². The number of carbonyl (C=O) groups is 1. The van der Waals surface area contributed by atoms with Gasteiger partial charge in [0.05, 0.1) is 6.54 Å². The standard InChI is InChI=1S/C13H13NO5/c15-9-1-2-10-8(3-4-14-7-12(16)17)5-13(18)19-11(10)6-9/h1-2,5-6,14-15H,3-4,7H2,(H,16,17). The number of fused-ring (bicyclic) bond motifs is 1. The number of phenolic OH excluding ortho intramolecular Hbond substituents is 1. The van der Waals surface area contributed by atoms with Crippen LogP contribution in [0.25, 0.3) is 11.0 Å².